The Hall–Kier alpha value is -0.0800. The highest BCUT2D eigenvalue weighted by molar-refractivity contribution is 4.96. The molecule has 0 bridgehead atoms. The topological polar surface area (TPSA) is 15.3 Å². The number of hydrogen-bond acceptors (Lipinski definition) is 2. The number of nitrogens with zero attached hydrogens (tertiary/aromatic N) is 1. The number of rotatable bonds is 3. The number of piperazine rings is 1. The molecule has 2 heteroatoms. The molecule has 0 radical (unpaired) electrons. The second-order valence-corrected chi connectivity index (χ2v) is 8.27. The highest BCUT2D eigenvalue weighted by Crippen LogP contribution is 2.33. The Balaban J connectivity index is 2.09. The summed E-state index contributed by atoms with van der Waals surface area (Å²) in [5.41, 5.74) is 0.380. The molecular formula is C18H36N2. The third-order valence-electron chi connectivity index (χ3n) is 5.76. The van der Waals surface area contributed by atoms with Crippen molar-refractivity contribution in [3.63, 3.8) is 0 Å². The van der Waals surface area contributed by atoms with Crippen molar-refractivity contribution in [3.05, 3.63) is 0 Å². The molecule has 0 amide bonds. The van der Waals surface area contributed by atoms with Crippen LogP contribution in [0.3, 0.4) is 0 Å². The fraction of sp³-hybridized carbons (Fsp3) is 1.00. The summed E-state index contributed by atoms with van der Waals surface area (Å²) in [4.78, 5) is 2.90. The van der Waals surface area contributed by atoms with E-state index in [0.29, 0.717) is 17.5 Å². The highest BCUT2D eigenvalue weighted by Gasteiger charge is 2.39. The monoisotopic (exact) mass is 280 g/mol. The van der Waals surface area contributed by atoms with Gasteiger partial charge in [-0.05, 0) is 24.2 Å². The molecule has 2 fully saturated rings. The van der Waals surface area contributed by atoms with Crippen molar-refractivity contribution in [2.24, 2.45) is 11.3 Å². The van der Waals surface area contributed by atoms with E-state index in [-0.39, 0.29) is 0 Å². The zero-order valence-corrected chi connectivity index (χ0v) is 14.4. The summed E-state index contributed by atoms with van der Waals surface area (Å²) in [6, 6.07) is 2.24. The molecule has 1 saturated heterocycles. The van der Waals surface area contributed by atoms with Crippen LogP contribution in [0.1, 0.15) is 73.1 Å². The van der Waals surface area contributed by atoms with E-state index in [1.807, 2.05) is 0 Å². The maximum absolute atomic E-state index is 3.85. The van der Waals surface area contributed by atoms with Crippen LogP contribution in [-0.2, 0) is 0 Å². The maximum atomic E-state index is 3.85. The van der Waals surface area contributed by atoms with Gasteiger partial charge in [0.2, 0.25) is 0 Å². The van der Waals surface area contributed by atoms with Gasteiger partial charge in [-0.1, -0.05) is 60.3 Å². The van der Waals surface area contributed by atoms with Crippen LogP contribution in [0.2, 0.25) is 0 Å². The molecule has 2 rings (SSSR count). The fourth-order valence-corrected chi connectivity index (χ4v) is 4.08. The summed E-state index contributed by atoms with van der Waals surface area (Å²) in [7, 11) is 0. The first-order valence-electron chi connectivity index (χ1n) is 8.92. The van der Waals surface area contributed by atoms with E-state index in [1.165, 1.54) is 51.6 Å². The molecule has 3 unspecified atom stereocenters. The minimum absolute atomic E-state index is 0.380. The first-order chi connectivity index (χ1) is 9.43. The zero-order chi connectivity index (χ0) is 14.8. The van der Waals surface area contributed by atoms with Crippen LogP contribution in [0, 0.1) is 11.3 Å². The van der Waals surface area contributed by atoms with E-state index in [4.69, 9.17) is 0 Å². The predicted octanol–water partition coefficient (Wildman–Crippen LogP) is 4.05. The van der Waals surface area contributed by atoms with Gasteiger partial charge in [0.15, 0.2) is 0 Å². The Bertz CT molecular complexity index is 288. The standard InChI is InChI=1S/C18H36N2/c1-6-14(2)16-13-20(15-10-8-7-9-11-15)17(12-19-16)18(3,4)5/h14-17,19H,6-13H2,1-5H3. The summed E-state index contributed by atoms with van der Waals surface area (Å²) in [6.07, 6.45) is 8.49. The Kier molecular flexibility index (Phi) is 5.53. The van der Waals surface area contributed by atoms with Gasteiger partial charge in [-0.15, -0.1) is 0 Å². The molecule has 1 aliphatic carbocycles. The lowest BCUT2D eigenvalue weighted by molar-refractivity contribution is -0.000605. The second-order valence-electron chi connectivity index (χ2n) is 8.27. The summed E-state index contributed by atoms with van der Waals surface area (Å²) in [5, 5.41) is 3.85. The van der Waals surface area contributed by atoms with Crippen molar-refractivity contribution in [2.75, 3.05) is 13.1 Å². The van der Waals surface area contributed by atoms with E-state index < -0.39 is 0 Å². The van der Waals surface area contributed by atoms with Crippen LogP contribution in [0.5, 0.6) is 0 Å². The molecule has 2 nitrogen and oxygen atoms in total. The molecule has 3 atom stereocenters. The van der Waals surface area contributed by atoms with Gasteiger partial charge in [-0.3, -0.25) is 4.90 Å². The van der Waals surface area contributed by atoms with Crippen LogP contribution in [0.15, 0.2) is 0 Å². The SMILES string of the molecule is CCC(C)C1CN(C2CCCCC2)C(C(C)(C)C)CN1. The van der Waals surface area contributed by atoms with E-state index in [1.54, 1.807) is 0 Å². The van der Waals surface area contributed by atoms with Crippen molar-refractivity contribution in [2.45, 2.75) is 91.3 Å². The summed E-state index contributed by atoms with van der Waals surface area (Å²) < 4.78 is 0. The van der Waals surface area contributed by atoms with E-state index in [0.717, 1.165) is 12.0 Å². The molecular weight excluding hydrogens is 244 g/mol. The van der Waals surface area contributed by atoms with Gasteiger partial charge < -0.3 is 5.32 Å². The molecule has 0 aromatic heterocycles. The molecule has 1 heterocycles. The van der Waals surface area contributed by atoms with Gasteiger partial charge in [0.05, 0.1) is 0 Å². The minimum Gasteiger partial charge on any atom is -0.311 e. The van der Waals surface area contributed by atoms with E-state index in [2.05, 4.69) is 44.8 Å². The Morgan fingerprint density at radius 2 is 1.80 bits per heavy atom. The number of hydrogen-bond donors (Lipinski definition) is 1. The van der Waals surface area contributed by atoms with Gasteiger partial charge in [0.1, 0.15) is 0 Å². The first kappa shape index (κ1) is 16.3. The van der Waals surface area contributed by atoms with E-state index in [9.17, 15) is 0 Å². The smallest absolute Gasteiger partial charge is 0.0272 e. The zero-order valence-electron chi connectivity index (χ0n) is 14.4. The van der Waals surface area contributed by atoms with Crippen LogP contribution < -0.4 is 5.32 Å². The van der Waals surface area contributed by atoms with Gasteiger partial charge >= 0.3 is 0 Å². The molecule has 1 aliphatic heterocycles. The Labute approximate surface area is 126 Å². The van der Waals surface area contributed by atoms with Crippen molar-refractivity contribution in [1.82, 2.24) is 10.2 Å². The highest BCUT2D eigenvalue weighted by atomic mass is 15.3. The largest absolute Gasteiger partial charge is 0.311 e. The Morgan fingerprint density at radius 1 is 1.15 bits per heavy atom. The molecule has 2 aliphatic rings. The van der Waals surface area contributed by atoms with Crippen molar-refractivity contribution in [1.29, 1.82) is 0 Å². The average Bonchev–Trinajstić information content (AvgIpc) is 2.45. The molecule has 118 valence electrons. The van der Waals surface area contributed by atoms with E-state index >= 15 is 0 Å². The van der Waals surface area contributed by atoms with Crippen LogP contribution in [0.25, 0.3) is 0 Å². The third kappa shape index (κ3) is 3.76. The van der Waals surface area contributed by atoms with Gasteiger partial charge in [0.25, 0.3) is 0 Å². The third-order valence-corrected chi connectivity index (χ3v) is 5.76. The summed E-state index contributed by atoms with van der Waals surface area (Å²) in [5.74, 6) is 0.794. The molecule has 1 N–H and O–H groups in total. The molecule has 0 spiro atoms. The lowest BCUT2D eigenvalue weighted by atomic mass is 9.80. The fourth-order valence-electron chi connectivity index (χ4n) is 4.08. The lowest BCUT2D eigenvalue weighted by Gasteiger charge is -2.51. The predicted molar refractivity (Wildman–Crippen MR) is 88.1 cm³/mol. The van der Waals surface area contributed by atoms with Crippen molar-refractivity contribution < 1.29 is 0 Å². The molecule has 1 saturated carbocycles. The van der Waals surface area contributed by atoms with Gasteiger partial charge in [0, 0.05) is 31.2 Å². The quantitative estimate of drug-likeness (QED) is 0.839. The first-order valence-corrected chi connectivity index (χ1v) is 8.92. The Morgan fingerprint density at radius 3 is 2.35 bits per heavy atom. The second kappa shape index (κ2) is 6.79. The average molecular weight is 280 g/mol. The van der Waals surface area contributed by atoms with Gasteiger partial charge in [-0.25, -0.2) is 0 Å². The summed E-state index contributed by atoms with van der Waals surface area (Å²) >= 11 is 0. The lowest BCUT2D eigenvalue weighted by Crippen LogP contribution is -2.64. The van der Waals surface area contributed by atoms with Crippen LogP contribution in [-0.4, -0.2) is 36.1 Å². The maximum Gasteiger partial charge on any atom is 0.0272 e. The van der Waals surface area contributed by atoms with Crippen LogP contribution >= 0.6 is 0 Å². The number of nitrogens with one attached hydrogen (secondary N) is 1. The minimum atomic E-state index is 0.380. The van der Waals surface area contributed by atoms with Crippen molar-refractivity contribution in [3.8, 4) is 0 Å². The van der Waals surface area contributed by atoms with Crippen molar-refractivity contribution >= 4 is 0 Å². The van der Waals surface area contributed by atoms with Crippen LogP contribution in [0.4, 0.5) is 0 Å². The molecule has 20 heavy (non-hydrogen) atoms. The summed E-state index contributed by atoms with van der Waals surface area (Å²) in [6.45, 7) is 14.4. The normalized spacial score (nSPS) is 32.2. The van der Waals surface area contributed by atoms with Gasteiger partial charge in [-0.2, -0.15) is 0 Å². The molecule has 0 aromatic rings. The molecule has 0 aromatic carbocycles.